The van der Waals surface area contributed by atoms with Crippen LogP contribution in [0.2, 0.25) is 0 Å². The van der Waals surface area contributed by atoms with Crippen molar-refractivity contribution in [1.29, 1.82) is 0 Å². The Bertz CT molecular complexity index is 2020. The zero-order valence-corrected chi connectivity index (χ0v) is 25.0. The number of nitrogens with zero attached hydrogens (tertiary/aromatic N) is 2. The first-order chi connectivity index (χ1) is 19.9. The number of thiazole rings is 1. The number of carbonyl (C=O) groups excluding carboxylic acids is 1. The quantitative estimate of drug-likeness (QED) is 0.244. The van der Waals surface area contributed by atoms with Crippen LogP contribution in [-0.2, 0) is 9.53 Å². The van der Waals surface area contributed by atoms with Crippen LogP contribution in [0.1, 0.15) is 31.0 Å². The minimum absolute atomic E-state index is 0.210. The lowest BCUT2D eigenvalue weighted by atomic mass is 9.96. The van der Waals surface area contributed by atoms with E-state index in [-0.39, 0.29) is 12.2 Å². The summed E-state index contributed by atoms with van der Waals surface area (Å²) < 4.78 is 13.7. The fraction of sp³-hybridized carbons (Fsp3) is 0.156. The number of ether oxygens (including phenoxy) is 2. The number of methoxy groups -OCH3 is 1. The summed E-state index contributed by atoms with van der Waals surface area (Å²) in [5.41, 5.74) is 5.20. The fourth-order valence-electron chi connectivity index (χ4n) is 5.24. The van der Waals surface area contributed by atoms with Gasteiger partial charge in [0.05, 0.1) is 45.7 Å². The van der Waals surface area contributed by atoms with Crippen molar-refractivity contribution in [3.63, 3.8) is 0 Å². The molecule has 1 aliphatic heterocycles. The molecule has 1 aliphatic rings. The van der Waals surface area contributed by atoms with Gasteiger partial charge in [-0.3, -0.25) is 9.36 Å². The topological polar surface area (TPSA) is 85.7 Å². The zero-order chi connectivity index (χ0) is 28.7. The Morgan fingerprint density at radius 1 is 1.12 bits per heavy atom. The number of H-pyrrole nitrogens is 1. The molecular weight excluding hydrogens is 602 g/mol. The molecule has 3 heterocycles. The average molecular weight is 629 g/mol. The molecule has 2 aromatic heterocycles. The first-order valence-electron chi connectivity index (χ1n) is 13.1. The second kappa shape index (κ2) is 11.0. The smallest absolute Gasteiger partial charge is 0.338 e. The van der Waals surface area contributed by atoms with Crippen LogP contribution < -0.4 is 19.6 Å². The van der Waals surface area contributed by atoms with Gasteiger partial charge in [-0.15, -0.1) is 0 Å². The number of rotatable bonds is 6. The normalized spacial score (nSPS) is 15.1. The van der Waals surface area contributed by atoms with Crippen molar-refractivity contribution < 1.29 is 14.3 Å². The highest BCUT2D eigenvalue weighted by molar-refractivity contribution is 9.10. The average Bonchev–Trinajstić information content (AvgIpc) is 3.50. The molecule has 1 atom stereocenters. The number of halogens is 1. The number of nitrogens with one attached hydrogen (secondary N) is 1. The number of fused-ring (bicyclic) bond motifs is 2. The van der Waals surface area contributed by atoms with E-state index in [0.717, 1.165) is 33.3 Å². The maximum Gasteiger partial charge on any atom is 0.338 e. The molecule has 1 N–H and O–H groups in total. The van der Waals surface area contributed by atoms with Crippen LogP contribution in [0, 0.1) is 0 Å². The lowest BCUT2D eigenvalue weighted by Gasteiger charge is -2.25. The van der Waals surface area contributed by atoms with E-state index in [2.05, 4.69) is 20.9 Å². The van der Waals surface area contributed by atoms with E-state index in [1.165, 1.54) is 11.3 Å². The van der Waals surface area contributed by atoms with Gasteiger partial charge in [0.15, 0.2) is 4.80 Å². The molecule has 0 spiro atoms. The van der Waals surface area contributed by atoms with Crippen LogP contribution in [-0.4, -0.2) is 29.2 Å². The largest absolute Gasteiger partial charge is 0.496 e. The third-order valence-corrected chi connectivity index (χ3v) is 8.70. The van der Waals surface area contributed by atoms with Gasteiger partial charge in [0.25, 0.3) is 5.56 Å². The molecule has 0 saturated heterocycles. The van der Waals surface area contributed by atoms with Crippen molar-refractivity contribution in [3.8, 4) is 17.0 Å². The molecular formula is C32H26BrN3O4S. The molecule has 41 heavy (non-hydrogen) atoms. The van der Waals surface area contributed by atoms with Crippen LogP contribution >= 0.6 is 27.3 Å². The summed E-state index contributed by atoms with van der Waals surface area (Å²) in [5.74, 6) is 0.148. The van der Waals surface area contributed by atoms with Gasteiger partial charge in [0.2, 0.25) is 0 Å². The molecule has 7 nitrogen and oxygen atoms in total. The van der Waals surface area contributed by atoms with Crippen LogP contribution in [0.3, 0.4) is 0 Å². The van der Waals surface area contributed by atoms with Crippen molar-refractivity contribution in [1.82, 2.24) is 9.55 Å². The lowest BCUT2D eigenvalue weighted by Crippen LogP contribution is -2.40. The van der Waals surface area contributed by atoms with E-state index >= 15 is 0 Å². The molecule has 5 aromatic rings. The van der Waals surface area contributed by atoms with E-state index in [1.807, 2.05) is 78.9 Å². The van der Waals surface area contributed by atoms with Crippen molar-refractivity contribution in [2.45, 2.75) is 19.9 Å². The molecule has 3 aromatic carbocycles. The molecule has 0 aliphatic carbocycles. The van der Waals surface area contributed by atoms with E-state index in [1.54, 1.807) is 25.5 Å². The molecule has 6 rings (SSSR count). The number of carbonyl (C=O) groups is 1. The molecule has 0 bridgehead atoms. The molecule has 0 saturated carbocycles. The van der Waals surface area contributed by atoms with Gasteiger partial charge in [-0.2, -0.15) is 0 Å². The van der Waals surface area contributed by atoms with Crippen molar-refractivity contribution in [2.24, 2.45) is 4.99 Å². The van der Waals surface area contributed by atoms with Gasteiger partial charge in [-0.1, -0.05) is 65.9 Å². The van der Waals surface area contributed by atoms with Crippen molar-refractivity contribution in [3.05, 3.63) is 119 Å². The van der Waals surface area contributed by atoms with Crippen LogP contribution in [0.5, 0.6) is 5.75 Å². The summed E-state index contributed by atoms with van der Waals surface area (Å²) in [6.07, 6.45) is 1.93. The Kier molecular flexibility index (Phi) is 7.23. The number of esters is 1. The molecule has 206 valence electrons. The van der Waals surface area contributed by atoms with Gasteiger partial charge < -0.3 is 14.5 Å². The summed E-state index contributed by atoms with van der Waals surface area (Å²) in [6, 6.07) is 22.9. The molecule has 9 heteroatoms. The Hall–Kier alpha value is -4.21. The summed E-state index contributed by atoms with van der Waals surface area (Å²) in [4.78, 5) is 36.2. The summed E-state index contributed by atoms with van der Waals surface area (Å²) in [6.45, 7) is 3.75. The monoisotopic (exact) mass is 627 g/mol. The van der Waals surface area contributed by atoms with Crippen molar-refractivity contribution >= 4 is 50.2 Å². The number of para-hydroxylation sites is 1. The van der Waals surface area contributed by atoms with Gasteiger partial charge in [0, 0.05) is 16.5 Å². The zero-order valence-electron chi connectivity index (χ0n) is 22.6. The highest BCUT2D eigenvalue weighted by Gasteiger charge is 2.33. The Balaban J connectivity index is 1.61. The standard InChI is InChI=1S/C32H26BrN3O4S/c1-4-40-31(38)27-18(2)34-32-36(29(27)20-14-15-25(39-3)23(33)16-20)30(37)26(41-32)17-22-21-12-8-9-13-24(21)35-28(22)19-10-6-5-7-11-19/h5-17,29,35H,4H2,1-3H3/b26-17+/t29-/m1/s1. The third kappa shape index (κ3) is 4.75. The molecule has 0 unspecified atom stereocenters. The molecule has 0 radical (unpaired) electrons. The lowest BCUT2D eigenvalue weighted by molar-refractivity contribution is -0.139. The Morgan fingerprint density at radius 2 is 1.88 bits per heavy atom. The van der Waals surface area contributed by atoms with E-state index < -0.39 is 12.0 Å². The van der Waals surface area contributed by atoms with Crippen LogP contribution in [0.25, 0.3) is 28.2 Å². The van der Waals surface area contributed by atoms with Gasteiger partial charge in [-0.25, -0.2) is 9.79 Å². The van der Waals surface area contributed by atoms with Gasteiger partial charge >= 0.3 is 5.97 Å². The number of benzene rings is 3. The highest BCUT2D eigenvalue weighted by atomic mass is 79.9. The fourth-order valence-corrected chi connectivity index (χ4v) is 6.82. The Labute approximate surface area is 248 Å². The maximum absolute atomic E-state index is 14.2. The minimum atomic E-state index is -0.716. The number of aromatic amines is 1. The number of hydrogen-bond donors (Lipinski definition) is 1. The number of allylic oxidation sites excluding steroid dienone is 1. The van der Waals surface area contributed by atoms with Gasteiger partial charge in [0.1, 0.15) is 5.75 Å². The van der Waals surface area contributed by atoms with Crippen molar-refractivity contribution in [2.75, 3.05) is 13.7 Å². The van der Waals surface area contributed by atoms with E-state index in [9.17, 15) is 9.59 Å². The molecule has 0 fully saturated rings. The summed E-state index contributed by atoms with van der Waals surface area (Å²) in [7, 11) is 1.59. The summed E-state index contributed by atoms with van der Waals surface area (Å²) in [5, 5.41) is 1.01. The Morgan fingerprint density at radius 3 is 2.61 bits per heavy atom. The van der Waals surface area contributed by atoms with E-state index in [0.29, 0.717) is 30.8 Å². The highest BCUT2D eigenvalue weighted by Crippen LogP contribution is 2.35. The predicted molar refractivity (Wildman–Crippen MR) is 165 cm³/mol. The van der Waals surface area contributed by atoms with Crippen LogP contribution in [0.4, 0.5) is 0 Å². The minimum Gasteiger partial charge on any atom is -0.496 e. The number of hydrogen-bond acceptors (Lipinski definition) is 6. The predicted octanol–water partition coefficient (Wildman–Crippen LogP) is 5.72. The first kappa shape index (κ1) is 27.0. The second-order valence-corrected chi connectivity index (χ2v) is 11.4. The third-order valence-electron chi connectivity index (χ3n) is 7.09. The number of aromatic nitrogens is 2. The molecule has 0 amide bonds. The summed E-state index contributed by atoms with van der Waals surface area (Å²) >= 11 is 4.86. The second-order valence-electron chi connectivity index (χ2n) is 9.52. The van der Waals surface area contributed by atoms with Crippen LogP contribution in [0.15, 0.2) is 98.3 Å². The SMILES string of the molecule is CCOC(=O)C1=C(C)N=c2s/c(=C/c3c(-c4ccccc4)[nH]c4ccccc34)c(=O)n2[C@@H]1c1ccc(OC)c(Br)c1. The maximum atomic E-state index is 14.2. The van der Waals surface area contributed by atoms with Gasteiger partial charge in [-0.05, 0) is 65.2 Å². The van der Waals surface area contributed by atoms with E-state index in [4.69, 9.17) is 14.5 Å². The first-order valence-corrected chi connectivity index (χ1v) is 14.7.